The highest BCUT2D eigenvalue weighted by molar-refractivity contribution is 5.68. The van der Waals surface area contributed by atoms with E-state index in [0.29, 0.717) is 5.56 Å². The lowest BCUT2D eigenvalue weighted by molar-refractivity contribution is 0.194. The van der Waals surface area contributed by atoms with E-state index < -0.39 is 6.09 Å². The topological polar surface area (TPSA) is 52.6 Å². The molecule has 0 saturated heterocycles. The Morgan fingerprint density at radius 3 is 2.64 bits per heavy atom. The molecule has 0 saturated carbocycles. The van der Waals surface area contributed by atoms with Crippen LogP contribution in [0.2, 0.25) is 0 Å². The van der Waals surface area contributed by atoms with Crippen molar-refractivity contribution in [2.24, 2.45) is 0 Å². The fourth-order valence-corrected chi connectivity index (χ4v) is 3.05. The molecule has 2 N–H and O–H groups in total. The van der Waals surface area contributed by atoms with Gasteiger partial charge < -0.3 is 10.4 Å². The molecule has 0 bridgehead atoms. The predicted molar refractivity (Wildman–Crippen MR) is 95.6 cm³/mol. The van der Waals surface area contributed by atoms with Crippen molar-refractivity contribution in [2.75, 3.05) is 13.1 Å². The number of benzene rings is 2. The molecule has 0 aliphatic carbocycles. The van der Waals surface area contributed by atoms with E-state index in [0.717, 1.165) is 37.2 Å². The summed E-state index contributed by atoms with van der Waals surface area (Å²) in [6, 6.07) is 15.1. The van der Waals surface area contributed by atoms with Gasteiger partial charge in [-0.1, -0.05) is 42.5 Å². The second kappa shape index (κ2) is 7.94. The first-order chi connectivity index (χ1) is 12.1. The van der Waals surface area contributed by atoms with Gasteiger partial charge in [-0.2, -0.15) is 0 Å². The van der Waals surface area contributed by atoms with Crippen LogP contribution in [-0.4, -0.2) is 29.2 Å². The van der Waals surface area contributed by atoms with E-state index in [9.17, 15) is 9.18 Å². The Hall–Kier alpha value is -2.66. The van der Waals surface area contributed by atoms with Gasteiger partial charge in [0.05, 0.1) is 0 Å². The van der Waals surface area contributed by atoms with E-state index in [2.05, 4.69) is 28.4 Å². The fraction of sp³-hybridized carbons (Fsp3) is 0.250. The summed E-state index contributed by atoms with van der Waals surface area (Å²) in [4.78, 5) is 12.9. The van der Waals surface area contributed by atoms with Gasteiger partial charge in [-0.05, 0) is 35.3 Å². The summed E-state index contributed by atoms with van der Waals surface area (Å²) in [5, 5.41) is 11.0. The molecule has 1 aliphatic rings. The van der Waals surface area contributed by atoms with E-state index in [1.54, 1.807) is 12.1 Å². The number of hydrogen-bond acceptors (Lipinski definition) is 2. The fourth-order valence-electron chi connectivity index (χ4n) is 3.05. The lowest BCUT2D eigenvalue weighted by Crippen LogP contribution is -2.28. The molecule has 4 nitrogen and oxygen atoms in total. The van der Waals surface area contributed by atoms with Crippen molar-refractivity contribution in [2.45, 2.75) is 19.5 Å². The number of amides is 1. The van der Waals surface area contributed by atoms with Gasteiger partial charge in [0, 0.05) is 31.7 Å². The first kappa shape index (κ1) is 17.2. The quantitative estimate of drug-likeness (QED) is 0.868. The van der Waals surface area contributed by atoms with Gasteiger partial charge in [-0.3, -0.25) is 4.90 Å². The third-order valence-electron chi connectivity index (χ3n) is 4.36. The summed E-state index contributed by atoms with van der Waals surface area (Å²) < 4.78 is 14.2. The average Bonchev–Trinajstić information content (AvgIpc) is 2.63. The van der Waals surface area contributed by atoms with Crippen molar-refractivity contribution in [3.63, 3.8) is 0 Å². The summed E-state index contributed by atoms with van der Waals surface area (Å²) in [7, 11) is 0. The minimum absolute atomic E-state index is 0.177. The van der Waals surface area contributed by atoms with Crippen LogP contribution in [0.3, 0.4) is 0 Å². The van der Waals surface area contributed by atoms with Crippen LogP contribution in [0.15, 0.2) is 54.6 Å². The summed E-state index contributed by atoms with van der Waals surface area (Å²) in [5.41, 5.74) is 3.58. The van der Waals surface area contributed by atoms with Gasteiger partial charge in [0.2, 0.25) is 0 Å². The minimum atomic E-state index is -1.08. The van der Waals surface area contributed by atoms with Gasteiger partial charge >= 0.3 is 6.09 Å². The third-order valence-corrected chi connectivity index (χ3v) is 4.36. The monoisotopic (exact) mass is 340 g/mol. The lowest BCUT2D eigenvalue weighted by Gasteiger charge is -2.26. The van der Waals surface area contributed by atoms with Crippen molar-refractivity contribution in [1.82, 2.24) is 10.2 Å². The number of carbonyl (C=O) groups is 1. The number of rotatable bonds is 5. The molecule has 0 atom stereocenters. The van der Waals surface area contributed by atoms with Crippen LogP contribution >= 0.6 is 0 Å². The van der Waals surface area contributed by atoms with Crippen LogP contribution in [0.25, 0.3) is 5.57 Å². The maximum Gasteiger partial charge on any atom is 0.404 e. The molecule has 5 heteroatoms. The number of carboxylic acid groups (broad SMARTS) is 1. The van der Waals surface area contributed by atoms with Gasteiger partial charge in [0.15, 0.2) is 0 Å². The van der Waals surface area contributed by atoms with E-state index in [4.69, 9.17) is 5.11 Å². The SMILES string of the molecule is O=C(O)NCc1ccc(F)c(C2=CCN(Cc3ccccc3)CC2)c1. The van der Waals surface area contributed by atoms with E-state index in [1.165, 1.54) is 11.6 Å². The van der Waals surface area contributed by atoms with Crippen LogP contribution in [0, 0.1) is 5.82 Å². The summed E-state index contributed by atoms with van der Waals surface area (Å²) in [6.45, 7) is 2.71. The molecule has 2 aromatic rings. The molecule has 25 heavy (non-hydrogen) atoms. The number of halogens is 1. The highest BCUT2D eigenvalue weighted by Gasteiger charge is 2.16. The first-order valence-electron chi connectivity index (χ1n) is 8.33. The van der Waals surface area contributed by atoms with Gasteiger partial charge in [-0.25, -0.2) is 9.18 Å². The van der Waals surface area contributed by atoms with Crippen LogP contribution in [0.4, 0.5) is 9.18 Å². The molecule has 1 aliphatic heterocycles. The molecular formula is C20H21FN2O2. The Morgan fingerprint density at radius 2 is 1.96 bits per heavy atom. The van der Waals surface area contributed by atoms with Crippen LogP contribution < -0.4 is 5.32 Å². The molecule has 0 spiro atoms. The second-order valence-corrected chi connectivity index (χ2v) is 6.17. The number of hydrogen-bond donors (Lipinski definition) is 2. The van der Waals surface area contributed by atoms with Crippen molar-refractivity contribution < 1.29 is 14.3 Å². The highest BCUT2D eigenvalue weighted by atomic mass is 19.1. The summed E-state index contributed by atoms with van der Waals surface area (Å²) >= 11 is 0. The minimum Gasteiger partial charge on any atom is -0.465 e. The largest absolute Gasteiger partial charge is 0.465 e. The Balaban J connectivity index is 1.68. The van der Waals surface area contributed by atoms with Gasteiger partial charge in [0.1, 0.15) is 5.82 Å². The molecule has 1 heterocycles. The molecule has 0 fully saturated rings. The maximum atomic E-state index is 14.2. The van der Waals surface area contributed by atoms with E-state index in [-0.39, 0.29) is 12.4 Å². The normalized spacial score (nSPS) is 14.8. The zero-order chi connectivity index (χ0) is 17.6. The standard InChI is InChI=1S/C20H21FN2O2/c21-19-7-6-16(13-22-20(24)25)12-18(19)17-8-10-23(11-9-17)14-15-4-2-1-3-5-15/h1-8,12,22H,9-11,13-14H2,(H,24,25). The lowest BCUT2D eigenvalue weighted by atomic mass is 9.97. The van der Waals surface area contributed by atoms with Crippen molar-refractivity contribution in [3.05, 3.63) is 77.1 Å². The predicted octanol–water partition coefficient (Wildman–Crippen LogP) is 3.88. The third kappa shape index (κ3) is 4.67. The molecule has 130 valence electrons. The smallest absolute Gasteiger partial charge is 0.404 e. The van der Waals surface area contributed by atoms with Crippen molar-refractivity contribution in [1.29, 1.82) is 0 Å². The zero-order valence-electron chi connectivity index (χ0n) is 13.9. The second-order valence-electron chi connectivity index (χ2n) is 6.17. The highest BCUT2D eigenvalue weighted by Crippen LogP contribution is 2.26. The van der Waals surface area contributed by atoms with Crippen LogP contribution in [0.5, 0.6) is 0 Å². The summed E-state index contributed by atoms with van der Waals surface area (Å²) in [5.74, 6) is -0.262. The molecule has 0 aromatic heterocycles. The first-order valence-corrected chi connectivity index (χ1v) is 8.33. The van der Waals surface area contributed by atoms with E-state index >= 15 is 0 Å². The van der Waals surface area contributed by atoms with E-state index in [1.807, 2.05) is 18.2 Å². The molecular weight excluding hydrogens is 319 g/mol. The maximum absolute atomic E-state index is 14.2. The molecule has 1 amide bonds. The molecule has 2 aromatic carbocycles. The van der Waals surface area contributed by atoms with Crippen molar-refractivity contribution in [3.8, 4) is 0 Å². The van der Waals surface area contributed by atoms with Crippen molar-refractivity contribution >= 4 is 11.7 Å². The van der Waals surface area contributed by atoms with Gasteiger partial charge in [-0.15, -0.1) is 0 Å². The zero-order valence-corrected chi connectivity index (χ0v) is 13.9. The Labute approximate surface area is 146 Å². The molecule has 0 radical (unpaired) electrons. The van der Waals surface area contributed by atoms with Crippen LogP contribution in [-0.2, 0) is 13.1 Å². The Kier molecular flexibility index (Phi) is 5.46. The van der Waals surface area contributed by atoms with Gasteiger partial charge in [0.25, 0.3) is 0 Å². The molecule has 0 unspecified atom stereocenters. The average molecular weight is 340 g/mol. The Morgan fingerprint density at radius 1 is 1.16 bits per heavy atom. The summed E-state index contributed by atoms with van der Waals surface area (Å²) in [6.07, 6.45) is 1.76. The number of nitrogens with one attached hydrogen (secondary N) is 1. The Bertz CT molecular complexity index is 775. The van der Waals surface area contributed by atoms with Crippen LogP contribution in [0.1, 0.15) is 23.1 Å². The molecule has 3 rings (SSSR count). The number of nitrogens with zero attached hydrogens (tertiary/aromatic N) is 1.